The van der Waals surface area contributed by atoms with Crippen LogP contribution in [0, 0.1) is 5.92 Å². The standard InChI is InChI=1S/C14H19N3/c1-3-10(2)13(15)12-9-16-14(17-12)11-7-5-4-6-8-11/h4-10,13H,3,15H2,1-2H3,(H,16,17)/t10-,13-/m0/s1. The number of rotatable bonds is 4. The topological polar surface area (TPSA) is 54.7 Å². The van der Waals surface area contributed by atoms with E-state index in [9.17, 15) is 0 Å². The molecule has 1 aromatic carbocycles. The van der Waals surface area contributed by atoms with Crippen LogP contribution in [0.2, 0.25) is 0 Å². The van der Waals surface area contributed by atoms with Crippen LogP contribution in [0.25, 0.3) is 11.4 Å². The van der Waals surface area contributed by atoms with Crippen molar-refractivity contribution >= 4 is 0 Å². The summed E-state index contributed by atoms with van der Waals surface area (Å²) in [5.41, 5.74) is 8.27. The molecule has 0 fully saturated rings. The molecule has 2 aromatic rings. The summed E-state index contributed by atoms with van der Waals surface area (Å²) in [5.74, 6) is 1.35. The number of H-pyrrole nitrogens is 1. The molecular formula is C14H19N3. The molecule has 0 spiro atoms. The Bertz CT molecular complexity index is 461. The molecule has 0 amide bonds. The fourth-order valence-corrected chi connectivity index (χ4v) is 1.81. The molecule has 0 aliphatic rings. The number of benzene rings is 1. The zero-order chi connectivity index (χ0) is 12.3. The van der Waals surface area contributed by atoms with Crippen molar-refractivity contribution in [3.63, 3.8) is 0 Å². The van der Waals surface area contributed by atoms with Gasteiger partial charge < -0.3 is 10.7 Å². The fourth-order valence-electron chi connectivity index (χ4n) is 1.81. The fraction of sp³-hybridized carbons (Fsp3) is 0.357. The molecule has 0 saturated carbocycles. The van der Waals surface area contributed by atoms with E-state index >= 15 is 0 Å². The van der Waals surface area contributed by atoms with E-state index in [0.717, 1.165) is 23.5 Å². The van der Waals surface area contributed by atoms with Gasteiger partial charge in [-0.2, -0.15) is 0 Å². The monoisotopic (exact) mass is 229 g/mol. The van der Waals surface area contributed by atoms with Gasteiger partial charge in [-0.25, -0.2) is 4.98 Å². The molecule has 0 bridgehead atoms. The van der Waals surface area contributed by atoms with Gasteiger partial charge in [0.1, 0.15) is 5.82 Å². The third-order valence-corrected chi connectivity index (χ3v) is 3.26. The summed E-state index contributed by atoms with van der Waals surface area (Å²) in [6, 6.07) is 10.1. The highest BCUT2D eigenvalue weighted by molar-refractivity contribution is 5.54. The minimum Gasteiger partial charge on any atom is -0.341 e. The van der Waals surface area contributed by atoms with Crippen LogP contribution in [-0.2, 0) is 0 Å². The Morgan fingerprint density at radius 2 is 2.00 bits per heavy atom. The molecule has 0 saturated heterocycles. The third kappa shape index (κ3) is 2.56. The highest BCUT2D eigenvalue weighted by Crippen LogP contribution is 2.23. The molecule has 0 radical (unpaired) electrons. The van der Waals surface area contributed by atoms with E-state index < -0.39 is 0 Å². The molecule has 17 heavy (non-hydrogen) atoms. The third-order valence-electron chi connectivity index (χ3n) is 3.26. The van der Waals surface area contributed by atoms with Gasteiger partial charge in [0.05, 0.1) is 11.9 Å². The molecule has 3 N–H and O–H groups in total. The predicted molar refractivity (Wildman–Crippen MR) is 70.4 cm³/mol. The lowest BCUT2D eigenvalue weighted by molar-refractivity contribution is 0.450. The Hall–Kier alpha value is -1.61. The van der Waals surface area contributed by atoms with Crippen molar-refractivity contribution in [2.24, 2.45) is 11.7 Å². The summed E-state index contributed by atoms with van der Waals surface area (Å²) in [7, 11) is 0. The molecule has 0 aliphatic carbocycles. The van der Waals surface area contributed by atoms with E-state index in [0.29, 0.717) is 5.92 Å². The van der Waals surface area contributed by atoms with Crippen LogP contribution in [0.4, 0.5) is 0 Å². The van der Waals surface area contributed by atoms with Gasteiger partial charge >= 0.3 is 0 Å². The lowest BCUT2D eigenvalue weighted by Crippen LogP contribution is -2.18. The average molecular weight is 229 g/mol. The summed E-state index contributed by atoms with van der Waals surface area (Å²) in [5, 5.41) is 0. The Kier molecular flexibility index (Phi) is 3.59. The van der Waals surface area contributed by atoms with Crippen LogP contribution < -0.4 is 5.73 Å². The molecule has 3 heteroatoms. The van der Waals surface area contributed by atoms with Crippen molar-refractivity contribution < 1.29 is 0 Å². The van der Waals surface area contributed by atoms with E-state index in [1.807, 2.05) is 36.5 Å². The molecule has 2 rings (SSSR count). The number of aromatic amines is 1. The minimum atomic E-state index is 0.0324. The quantitative estimate of drug-likeness (QED) is 0.846. The molecule has 0 unspecified atom stereocenters. The Morgan fingerprint density at radius 3 is 2.65 bits per heavy atom. The number of aromatic nitrogens is 2. The second-order valence-corrected chi connectivity index (χ2v) is 4.46. The Morgan fingerprint density at radius 1 is 1.29 bits per heavy atom. The molecule has 1 aromatic heterocycles. The maximum Gasteiger partial charge on any atom is 0.137 e. The van der Waals surface area contributed by atoms with Crippen LogP contribution in [0.1, 0.15) is 32.0 Å². The van der Waals surface area contributed by atoms with Crippen molar-refractivity contribution in [2.45, 2.75) is 26.3 Å². The number of nitrogens with zero attached hydrogens (tertiary/aromatic N) is 1. The van der Waals surface area contributed by atoms with Gasteiger partial charge in [0.2, 0.25) is 0 Å². The minimum absolute atomic E-state index is 0.0324. The Labute approximate surface area is 102 Å². The zero-order valence-electron chi connectivity index (χ0n) is 10.4. The Balaban J connectivity index is 2.22. The average Bonchev–Trinajstić information content (AvgIpc) is 2.87. The van der Waals surface area contributed by atoms with E-state index in [4.69, 9.17) is 5.73 Å². The molecule has 90 valence electrons. The first-order valence-corrected chi connectivity index (χ1v) is 6.08. The predicted octanol–water partition coefficient (Wildman–Crippen LogP) is 3.12. The molecular weight excluding hydrogens is 210 g/mol. The number of imidazole rings is 1. The maximum absolute atomic E-state index is 6.17. The summed E-state index contributed by atoms with van der Waals surface area (Å²) in [6.07, 6.45) is 2.92. The first-order chi connectivity index (χ1) is 8.22. The zero-order valence-corrected chi connectivity index (χ0v) is 10.4. The summed E-state index contributed by atoms with van der Waals surface area (Å²) in [6.45, 7) is 4.31. The van der Waals surface area contributed by atoms with Crippen molar-refractivity contribution in [3.8, 4) is 11.4 Å². The van der Waals surface area contributed by atoms with Gasteiger partial charge in [-0.3, -0.25) is 0 Å². The van der Waals surface area contributed by atoms with E-state index in [2.05, 4.69) is 23.8 Å². The van der Waals surface area contributed by atoms with E-state index in [-0.39, 0.29) is 6.04 Å². The number of nitrogens with one attached hydrogen (secondary N) is 1. The summed E-state index contributed by atoms with van der Waals surface area (Å²) >= 11 is 0. The highest BCUT2D eigenvalue weighted by Gasteiger charge is 2.15. The maximum atomic E-state index is 6.17. The van der Waals surface area contributed by atoms with Gasteiger partial charge in [0.15, 0.2) is 0 Å². The van der Waals surface area contributed by atoms with Crippen LogP contribution in [0.3, 0.4) is 0 Å². The largest absolute Gasteiger partial charge is 0.341 e. The highest BCUT2D eigenvalue weighted by atomic mass is 14.9. The van der Waals surface area contributed by atoms with Gasteiger partial charge in [0, 0.05) is 11.6 Å². The van der Waals surface area contributed by atoms with Gasteiger partial charge in [-0.15, -0.1) is 0 Å². The summed E-state index contributed by atoms with van der Waals surface area (Å²) in [4.78, 5) is 7.70. The van der Waals surface area contributed by atoms with Gasteiger partial charge in [-0.05, 0) is 5.92 Å². The number of nitrogens with two attached hydrogens (primary N) is 1. The lowest BCUT2D eigenvalue weighted by atomic mass is 9.98. The lowest BCUT2D eigenvalue weighted by Gasteiger charge is -2.16. The van der Waals surface area contributed by atoms with Crippen LogP contribution in [-0.4, -0.2) is 9.97 Å². The van der Waals surface area contributed by atoms with Gasteiger partial charge in [-0.1, -0.05) is 50.6 Å². The first kappa shape index (κ1) is 11.9. The van der Waals surface area contributed by atoms with Crippen molar-refractivity contribution in [1.82, 2.24) is 9.97 Å². The number of hydrogen-bond donors (Lipinski definition) is 2. The van der Waals surface area contributed by atoms with Crippen LogP contribution in [0.15, 0.2) is 36.5 Å². The van der Waals surface area contributed by atoms with Gasteiger partial charge in [0.25, 0.3) is 0 Å². The SMILES string of the molecule is CC[C@H](C)[C@H](N)c1cnc(-c2ccccc2)[nH]1. The van der Waals surface area contributed by atoms with Crippen LogP contribution in [0.5, 0.6) is 0 Å². The normalized spacial score (nSPS) is 14.5. The molecule has 1 heterocycles. The first-order valence-electron chi connectivity index (χ1n) is 6.08. The summed E-state index contributed by atoms with van der Waals surface area (Å²) < 4.78 is 0. The van der Waals surface area contributed by atoms with Crippen molar-refractivity contribution in [1.29, 1.82) is 0 Å². The molecule has 0 aliphatic heterocycles. The van der Waals surface area contributed by atoms with Crippen molar-refractivity contribution in [2.75, 3.05) is 0 Å². The van der Waals surface area contributed by atoms with Crippen LogP contribution >= 0.6 is 0 Å². The molecule has 2 atom stereocenters. The smallest absolute Gasteiger partial charge is 0.137 e. The van der Waals surface area contributed by atoms with E-state index in [1.54, 1.807) is 0 Å². The molecule has 3 nitrogen and oxygen atoms in total. The second kappa shape index (κ2) is 5.15. The van der Waals surface area contributed by atoms with Crippen molar-refractivity contribution in [3.05, 3.63) is 42.2 Å². The second-order valence-electron chi connectivity index (χ2n) is 4.46. The van der Waals surface area contributed by atoms with E-state index in [1.165, 1.54) is 0 Å². The number of hydrogen-bond acceptors (Lipinski definition) is 2.